The molecule has 0 N–H and O–H groups in total. The van der Waals surface area contributed by atoms with Crippen LogP contribution < -0.4 is 5.43 Å². The van der Waals surface area contributed by atoms with Crippen LogP contribution in [0.4, 0.5) is 0 Å². The molecular formula is C20H21N3O4. The second-order valence-corrected chi connectivity index (χ2v) is 7.17. The van der Waals surface area contributed by atoms with E-state index < -0.39 is 0 Å². The Labute approximate surface area is 156 Å². The van der Waals surface area contributed by atoms with Crippen LogP contribution in [0.2, 0.25) is 0 Å². The van der Waals surface area contributed by atoms with E-state index in [1.807, 2.05) is 13.8 Å². The van der Waals surface area contributed by atoms with E-state index in [-0.39, 0.29) is 28.9 Å². The summed E-state index contributed by atoms with van der Waals surface area (Å²) in [6.07, 6.45) is 1.48. The lowest BCUT2D eigenvalue weighted by Crippen LogP contribution is -2.38. The third kappa shape index (κ3) is 3.37. The SMILES string of the molecule is CC(C)c1nnc(C2CCN(C(=O)c3cc(=O)c4ccccc4o3)CC2)o1. The highest BCUT2D eigenvalue weighted by molar-refractivity contribution is 5.93. The van der Waals surface area contributed by atoms with Gasteiger partial charge >= 0.3 is 0 Å². The molecule has 2 aromatic heterocycles. The highest BCUT2D eigenvalue weighted by Gasteiger charge is 2.29. The quantitative estimate of drug-likeness (QED) is 0.705. The van der Waals surface area contributed by atoms with Gasteiger partial charge < -0.3 is 13.7 Å². The predicted molar refractivity (Wildman–Crippen MR) is 98.7 cm³/mol. The summed E-state index contributed by atoms with van der Waals surface area (Å²) in [6, 6.07) is 8.22. The van der Waals surface area contributed by atoms with Crippen LogP contribution in [0.25, 0.3) is 11.0 Å². The third-order valence-corrected chi connectivity index (χ3v) is 4.93. The maximum atomic E-state index is 12.8. The maximum absolute atomic E-state index is 12.8. The van der Waals surface area contributed by atoms with Gasteiger partial charge in [0.2, 0.25) is 11.8 Å². The first kappa shape index (κ1) is 17.5. The van der Waals surface area contributed by atoms with E-state index in [0.717, 1.165) is 12.8 Å². The fourth-order valence-electron chi connectivity index (χ4n) is 3.34. The summed E-state index contributed by atoms with van der Waals surface area (Å²) in [5.41, 5.74) is 0.220. The Morgan fingerprint density at radius 3 is 2.59 bits per heavy atom. The van der Waals surface area contributed by atoms with Gasteiger partial charge in [0.25, 0.3) is 5.91 Å². The summed E-state index contributed by atoms with van der Waals surface area (Å²) in [5, 5.41) is 8.72. The van der Waals surface area contributed by atoms with Crippen molar-refractivity contribution >= 4 is 16.9 Å². The number of rotatable bonds is 3. The van der Waals surface area contributed by atoms with Crippen LogP contribution in [0.1, 0.15) is 60.9 Å². The Balaban J connectivity index is 1.48. The van der Waals surface area contributed by atoms with Crippen molar-refractivity contribution in [3.8, 4) is 0 Å². The van der Waals surface area contributed by atoms with Crippen molar-refractivity contribution in [2.24, 2.45) is 0 Å². The molecule has 7 nitrogen and oxygen atoms in total. The molecular weight excluding hydrogens is 346 g/mol. The Bertz CT molecular complexity index is 1030. The van der Waals surface area contributed by atoms with Gasteiger partial charge in [0.15, 0.2) is 11.2 Å². The number of nitrogens with zero attached hydrogens (tertiary/aromatic N) is 3. The molecule has 0 atom stereocenters. The van der Waals surface area contributed by atoms with Crippen LogP contribution in [0.3, 0.4) is 0 Å². The van der Waals surface area contributed by atoms with Gasteiger partial charge in [-0.25, -0.2) is 0 Å². The Morgan fingerprint density at radius 1 is 1.15 bits per heavy atom. The summed E-state index contributed by atoms with van der Waals surface area (Å²) in [7, 11) is 0. The van der Waals surface area contributed by atoms with Crippen molar-refractivity contribution in [3.63, 3.8) is 0 Å². The minimum Gasteiger partial charge on any atom is -0.451 e. The van der Waals surface area contributed by atoms with E-state index in [1.54, 1.807) is 29.2 Å². The first-order chi connectivity index (χ1) is 13.0. The van der Waals surface area contributed by atoms with E-state index >= 15 is 0 Å². The molecule has 0 spiro atoms. The lowest BCUT2D eigenvalue weighted by atomic mass is 9.96. The van der Waals surface area contributed by atoms with Crippen LogP contribution in [-0.4, -0.2) is 34.1 Å². The van der Waals surface area contributed by atoms with E-state index in [4.69, 9.17) is 8.83 Å². The number of carbonyl (C=O) groups is 1. The zero-order valence-corrected chi connectivity index (χ0v) is 15.3. The molecule has 3 heterocycles. The van der Waals surface area contributed by atoms with Crippen LogP contribution in [0.15, 0.2) is 44.0 Å². The molecule has 1 saturated heterocycles. The molecule has 1 amide bonds. The van der Waals surface area contributed by atoms with Crippen molar-refractivity contribution in [2.75, 3.05) is 13.1 Å². The van der Waals surface area contributed by atoms with E-state index in [2.05, 4.69) is 10.2 Å². The predicted octanol–water partition coefficient (Wildman–Crippen LogP) is 3.32. The van der Waals surface area contributed by atoms with Crippen molar-refractivity contribution in [2.45, 2.75) is 38.5 Å². The number of aromatic nitrogens is 2. The number of hydrogen-bond donors (Lipinski definition) is 0. The second kappa shape index (κ2) is 6.98. The zero-order valence-electron chi connectivity index (χ0n) is 15.3. The van der Waals surface area contributed by atoms with Crippen molar-refractivity contribution in [1.82, 2.24) is 15.1 Å². The lowest BCUT2D eigenvalue weighted by Gasteiger charge is -2.30. The maximum Gasteiger partial charge on any atom is 0.289 e. The van der Waals surface area contributed by atoms with E-state index in [0.29, 0.717) is 35.8 Å². The van der Waals surface area contributed by atoms with Crippen LogP contribution in [0.5, 0.6) is 0 Å². The summed E-state index contributed by atoms with van der Waals surface area (Å²) < 4.78 is 11.4. The highest BCUT2D eigenvalue weighted by atomic mass is 16.4. The normalized spacial score (nSPS) is 15.6. The largest absolute Gasteiger partial charge is 0.451 e. The molecule has 1 aromatic carbocycles. The standard InChI is InChI=1S/C20H21N3O4/c1-12(2)18-21-22-19(27-18)13-7-9-23(10-8-13)20(25)17-11-15(24)14-5-3-4-6-16(14)26-17/h3-6,11-13H,7-10H2,1-2H3. The monoisotopic (exact) mass is 367 g/mol. The lowest BCUT2D eigenvalue weighted by molar-refractivity contribution is 0.0674. The van der Waals surface area contributed by atoms with Gasteiger partial charge in [-0.3, -0.25) is 9.59 Å². The Morgan fingerprint density at radius 2 is 1.89 bits per heavy atom. The van der Waals surface area contributed by atoms with E-state index in [1.165, 1.54) is 6.07 Å². The number of benzene rings is 1. The average Bonchev–Trinajstić information content (AvgIpc) is 3.18. The molecule has 0 radical (unpaired) electrons. The molecule has 1 aliphatic rings. The van der Waals surface area contributed by atoms with Crippen LogP contribution in [-0.2, 0) is 0 Å². The first-order valence-corrected chi connectivity index (χ1v) is 9.18. The minimum atomic E-state index is -0.260. The van der Waals surface area contributed by atoms with Gasteiger partial charge in [0.05, 0.1) is 5.39 Å². The Hall–Kier alpha value is -2.96. The molecule has 140 valence electrons. The highest BCUT2D eigenvalue weighted by Crippen LogP contribution is 2.29. The third-order valence-electron chi connectivity index (χ3n) is 4.93. The molecule has 0 bridgehead atoms. The van der Waals surface area contributed by atoms with Crippen molar-refractivity contribution in [1.29, 1.82) is 0 Å². The molecule has 0 saturated carbocycles. The fraction of sp³-hybridized carbons (Fsp3) is 0.400. The summed E-state index contributed by atoms with van der Waals surface area (Å²) in [4.78, 5) is 26.7. The van der Waals surface area contributed by atoms with Gasteiger partial charge in [-0.2, -0.15) is 0 Å². The molecule has 0 unspecified atom stereocenters. The number of likely N-dealkylation sites (tertiary alicyclic amines) is 1. The zero-order chi connectivity index (χ0) is 19.0. The molecule has 0 aliphatic carbocycles. The smallest absolute Gasteiger partial charge is 0.289 e. The van der Waals surface area contributed by atoms with Crippen molar-refractivity contribution in [3.05, 3.63) is 58.1 Å². The van der Waals surface area contributed by atoms with E-state index in [9.17, 15) is 9.59 Å². The molecule has 27 heavy (non-hydrogen) atoms. The molecule has 1 fully saturated rings. The summed E-state index contributed by atoms with van der Waals surface area (Å²) in [6.45, 7) is 5.13. The fourth-order valence-corrected chi connectivity index (χ4v) is 3.34. The van der Waals surface area contributed by atoms with Gasteiger partial charge in [-0.15, -0.1) is 10.2 Å². The van der Waals surface area contributed by atoms with Crippen LogP contribution >= 0.6 is 0 Å². The Kier molecular flexibility index (Phi) is 4.51. The number of amides is 1. The van der Waals surface area contributed by atoms with Gasteiger partial charge in [0, 0.05) is 31.0 Å². The number of para-hydroxylation sites is 1. The average molecular weight is 367 g/mol. The number of carbonyl (C=O) groups excluding carboxylic acids is 1. The first-order valence-electron chi connectivity index (χ1n) is 9.18. The number of piperidine rings is 1. The molecule has 7 heteroatoms. The topological polar surface area (TPSA) is 89.4 Å². The molecule has 1 aliphatic heterocycles. The number of hydrogen-bond acceptors (Lipinski definition) is 6. The summed E-state index contributed by atoms with van der Waals surface area (Å²) in [5.74, 6) is 1.45. The summed E-state index contributed by atoms with van der Waals surface area (Å²) >= 11 is 0. The second-order valence-electron chi connectivity index (χ2n) is 7.17. The minimum absolute atomic E-state index is 0.0806. The number of fused-ring (bicyclic) bond motifs is 1. The van der Waals surface area contributed by atoms with Crippen LogP contribution in [0, 0.1) is 0 Å². The molecule has 4 rings (SSSR count). The molecule has 3 aromatic rings. The van der Waals surface area contributed by atoms with Crippen molar-refractivity contribution < 1.29 is 13.6 Å². The van der Waals surface area contributed by atoms with Gasteiger partial charge in [-0.1, -0.05) is 26.0 Å². The van der Waals surface area contributed by atoms with Gasteiger partial charge in [-0.05, 0) is 25.0 Å². The van der Waals surface area contributed by atoms with Gasteiger partial charge in [0.1, 0.15) is 5.58 Å².